The molecule has 36 heavy (non-hydrogen) atoms. The van der Waals surface area contributed by atoms with Gasteiger partial charge in [0, 0.05) is 12.4 Å². The number of fused-ring (bicyclic) bond motifs is 2. The highest BCUT2D eigenvalue weighted by Crippen LogP contribution is 2.24. The van der Waals surface area contributed by atoms with E-state index >= 15 is 0 Å². The van der Waals surface area contributed by atoms with Crippen LogP contribution in [0.1, 0.15) is 21.5 Å². The molecular weight excluding hydrogens is 474 g/mol. The van der Waals surface area contributed by atoms with E-state index in [4.69, 9.17) is 10.2 Å². The van der Waals surface area contributed by atoms with Crippen LogP contribution < -0.4 is 11.2 Å². The van der Waals surface area contributed by atoms with Crippen molar-refractivity contribution in [1.29, 1.82) is 0 Å². The van der Waals surface area contributed by atoms with E-state index in [-0.39, 0.29) is 23.6 Å². The summed E-state index contributed by atoms with van der Waals surface area (Å²) in [6, 6.07) is 6.61. The number of aliphatic hydroxyl groups excluding tert-OH is 4. The third-order valence-corrected chi connectivity index (χ3v) is 5.48. The van der Waals surface area contributed by atoms with Gasteiger partial charge in [-0.2, -0.15) is 4.98 Å². The van der Waals surface area contributed by atoms with Gasteiger partial charge in [-0.1, -0.05) is 0 Å². The molecule has 3 atom stereocenters. The summed E-state index contributed by atoms with van der Waals surface area (Å²) in [6.07, 6.45) is -1.84. The average molecular weight is 499 g/mol. The van der Waals surface area contributed by atoms with E-state index in [1.54, 1.807) is 18.2 Å². The Morgan fingerprint density at radius 1 is 1.08 bits per heavy atom. The summed E-state index contributed by atoms with van der Waals surface area (Å²) in [4.78, 5) is 47.8. The van der Waals surface area contributed by atoms with Crippen LogP contribution in [0.3, 0.4) is 0 Å². The number of H-pyrrole nitrogens is 1. The summed E-state index contributed by atoms with van der Waals surface area (Å²) in [7, 11) is 0. The first-order valence-corrected chi connectivity index (χ1v) is 10.7. The molecule has 190 valence electrons. The molecule has 1 aromatic carbocycles. The van der Waals surface area contributed by atoms with Gasteiger partial charge < -0.3 is 30.1 Å². The third kappa shape index (κ3) is 5.78. The van der Waals surface area contributed by atoms with Crippen LogP contribution in [0.5, 0.6) is 0 Å². The van der Waals surface area contributed by atoms with Crippen LogP contribution in [0, 0.1) is 13.8 Å². The Balaban J connectivity index is 0.000000338. The maximum Gasteiger partial charge on any atom is 0.349 e. The summed E-state index contributed by atoms with van der Waals surface area (Å²) in [5.41, 5.74) is 1.33. The summed E-state index contributed by atoms with van der Waals surface area (Å²) < 4.78 is 1.40. The first-order valence-electron chi connectivity index (χ1n) is 10.7. The van der Waals surface area contributed by atoms with Gasteiger partial charge in [0.25, 0.3) is 5.56 Å². The van der Waals surface area contributed by atoms with Gasteiger partial charge in [0.05, 0.1) is 29.7 Å². The Bertz CT molecular complexity index is 1450. The van der Waals surface area contributed by atoms with E-state index in [0.29, 0.717) is 11.0 Å². The van der Waals surface area contributed by atoms with Crippen LogP contribution in [-0.2, 0) is 6.54 Å². The number of aromatic amines is 1. The second-order valence-electron chi connectivity index (χ2n) is 8.05. The van der Waals surface area contributed by atoms with Crippen molar-refractivity contribution < 1.29 is 30.3 Å². The second-order valence-corrected chi connectivity index (χ2v) is 8.05. The van der Waals surface area contributed by atoms with E-state index in [1.165, 1.54) is 23.0 Å². The number of nitrogens with one attached hydrogen (secondary N) is 1. The number of carbonyl (C=O) groups is 1. The first-order chi connectivity index (χ1) is 17.0. The van der Waals surface area contributed by atoms with E-state index < -0.39 is 42.1 Å². The maximum atomic E-state index is 12.2. The lowest BCUT2D eigenvalue weighted by molar-refractivity contribution is -0.0802. The van der Waals surface area contributed by atoms with Crippen molar-refractivity contribution in [3.63, 3.8) is 0 Å². The number of pyridine rings is 1. The molecule has 0 radical (unpaired) electrons. The number of aryl methyl sites for hydroxylation is 2. The predicted octanol–water partition coefficient (Wildman–Crippen LogP) is -0.944. The number of aromatic nitrogens is 5. The Morgan fingerprint density at radius 2 is 1.78 bits per heavy atom. The smallest absolute Gasteiger partial charge is 0.349 e. The fourth-order valence-electron chi connectivity index (χ4n) is 3.38. The topological polar surface area (TPSA) is 212 Å². The van der Waals surface area contributed by atoms with Gasteiger partial charge in [-0.15, -0.1) is 0 Å². The van der Waals surface area contributed by atoms with Gasteiger partial charge in [0.15, 0.2) is 11.5 Å². The minimum atomic E-state index is -1.64. The van der Waals surface area contributed by atoms with Gasteiger partial charge in [0.2, 0.25) is 0 Å². The molecule has 6 N–H and O–H groups in total. The van der Waals surface area contributed by atoms with Gasteiger partial charge >= 0.3 is 11.7 Å². The number of hydrogen-bond donors (Lipinski definition) is 6. The van der Waals surface area contributed by atoms with E-state index in [2.05, 4.69) is 19.9 Å². The quantitative estimate of drug-likeness (QED) is 0.178. The molecule has 0 bridgehead atoms. The molecule has 13 heteroatoms. The summed E-state index contributed by atoms with van der Waals surface area (Å²) in [5.74, 6) is -0.993. The molecule has 0 saturated carbocycles. The summed E-state index contributed by atoms with van der Waals surface area (Å²) in [6.45, 7) is 2.73. The second kappa shape index (κ2) is 11.1. The monoisotopic (exact) mass is 499 g/mol. The zero-order valence-corrected chi connectivity index (χ0v) is 19.4. The molecule has 0 fully saturated rings. The molecule has 2 aromatic rings. The van der Waals surface area contributed by atoms with Crippen molar-refractivity contribution >= 4 is 17.0 Å². The van der Waals surface area contributed by atoms with Crippen molar-refractivity contribution in [2.24, 2.45) is 0 Å². The maximum absolute atomic E-state index is 12.2. The van der Waals surface area contributed by atoms with Crippen LogP contribution in [0.15, 0.2) is 46.2 Å². The van der Waals surface area contributed by atoms with Gasteiger partial charge in [-0.3, -0.25) is 14.8 Å². The molecule has 0 unspecified atom stereocenters. The number of benzene rings is 1. The van der Waals surface area contributed by atoms with Crippen LogP contribution >= 0.6 is 0 Å². The van der Waals surface area contributed by atoms with Gasteiger partial charge in [0.1, 0.15) is 18.3 Å². The SMILES string of the molecule is Cc1cc2nc3c(=O)[nH]c(=O)nc-3n(C[C@H](O)[C@H](O)[C@H](O)CO)c2cc1C.O=C(O)c1cccnc1. The highest BCUT2D eigenvalue weighted by Gasteiger charge is 2.27. The number of nitrogens with zero attached hydrogens (tertiary/aromatic N) is 4. The van der Waals surface area contributed by atoms with Crippen molar-refractivity contribution in [2.45, 2.75) is 38.7 Å². The van der Waals surface area contributed by atoms with Gasteiger partial charge in [-0.05, 0) is 49.2 Å². The molecule has 2 aliphatic heterocycles. The van der Waals surface area contributed by atoms with E-state index in [9.17, 15) is 29.7 Å². The first kappa shape index (κ1) is 26.6. The molecule has 2 aliphatic rings. The number of carboxylic acid groups (broad SMARTS) is 1. The lowest BCUT2D eigenvalue weighted by atomic mass is 10.1. The van der Waals surface area contributed by atoms with Crippen molar-refractivity contribution in [3.05, 3.63) is 74.2 Å². The molecule has 13 nitrogen and oxygen atoms in total. The Morgan fingerprint density at radius 3 is 2.36 bits per heavy atom. The van der Waals surface area contributed by atoms with Crippen molar-refractivity contribution in [1.82, 2.24) is 24.5 Å². The number of carboxylic acids is 1. The zero-order valence-electron chi connectivity index (χ0n) is 19.4. The Kier molecular flexibility index (Phi) is 8.22. The highest BCUT2D eigenvalue weighted by atomic mass is 16.4. The number of hydrogen-bond acceptors (Lipinski definition) is 10. The predicted molar refractivity (Wildman–Crippen MR) is 127 cm³/mol. The lowest BCUT2D eigenvalue weighted by Gasteiger charge is -2.25. The molecule has 0 amide bonds. The van der Waals surface area contributed by atoms with E-state index in [1.807, 2.05) is 13.8 Å². The molecule has 0 spiro atoms. The largest absolute Gasteiger partial charge is 0.478 e. The lowest BCUT2D eigenvalue weighted by Crippen LogP contribution is -2.42. The van der Waals surface area contributed by atoms with Crippen LogP contribution in [-0.4, -0.2) is 80.9 Å². The Labute approximate surface area is 203 Å². The Hall–Kier alpha value is -4.04. The van der Waals surface area contributed by atoms with Crippen molar-refractivity contribution in [2.75, 3.05) is 6.61 Å². The average Bonchev–Trinajstić information content (AvgIpc) is 2.85. The highest BCUT2D eigenvalue weighted by molar-refractivity contribution is 5.87. The third-order valence-electron chi connectivity index (χ3n) is 5.48. The fraction of sp³-hybridized carbons (Fsp3) is 0.304. The zero-order chi connectivity index (χ0) is 26.6. The van der Waals surface area contributed by atoms with Crippen LogP contribution in [0.25, 0.3) is 22.6 Å². The summed E-state index contributed by atoms with van der Waals surface area (Å²) >= 11 is 0. The minimum absolute atomic E-state index is 0.0516. The normalized spacial score (nSPS) is 13.6. The molecule has 4 rings (SSSR count). The number of aliphatic hydroxyl groups is 4. The molecule has 0 saturated heterocycles. The molecule has 0 aliphatic carbocycles. The number of rotatable bonds is 6. The summed E-state index contributed by atoms with van der Waals surface area (Å²) in [5, 5.41) is 47.1. The minimum Gasteiger partial charge on any atom is -0.478 e. The van der Waals surface area contributed by atoms with Crippen molar-refractivity contribution in [3.8, 4) is 11.5 Å². The van der Waals surface area contributed by atoms with E-state index in [0.717, 1.165) is 11.1 Å². The molecule has 1 aromatic heterocycles. The fourth-order valence-corrected chi connectivity index (χ4v) is 3.38. The number of aromatic carboxylic acids is 1. The molecule has 3 heterocycles. The van der Waals surface area contributed by atoms with Crippen LogP contribution in [0.4, 0.5) is 0 Å². The van der Waals surface area contributed by atoms with Crippen LogP contribution in [0.2, 0.25) is 0 Å². The van der Waals surface area contributed by atoms with Gasteiger partial charge in [-0.25, -0.2) is 14.6 Å². The standard InChI is InChI=1S/C17H20N4O6.C6H5NO2/c1-7-3-9-10(4-8(7)2)21(5-11(23)14(25)12(24)6-22)15-13(18-9)16(26)20-17(27)19-15;8-6(9)5-2-1-3-7-4-5/h3-4,11-12,14,22-25H,5-6H2,1-2H3,(H,20,26,27);1-4H,(H,8,9)/t11-,12+,14-;/m0./s1. The molecular formula is C23H25N5O8.